The fourth-order valence-electron chi connectivity index (χ4n) is 4.16. The minimum Gasteiger partial charge on any atom is -0.356 e. The van der Waals surface area contributed by atoms with E-state index in [0.29, 0.717) is 45.4 Å². The molecule has 8 heteroatoms. The van der Waals surface area contributed by atoms with Gasteiger partial charge in [0.1, 0.15) is 23.2 Å². The van der Waals surface area contributed by atoms with Gasteiger partial charge in [0.2, 0.25) is 11.8 Å². The molecule has 0 fully saturated rings. The molecule has 1 aliphatic rings. The second-order valence-electron chi connectivity index (χ2n) is 8.89. The molecule has 3 aromatic rings. The van der Waals surface area contributed by atoms with E-state index in [1.54, 1.807) is 17.0 Å². The molecule has 2 N–H and O–H groups in total. The molecule has 184 valence electrons. The summed E-state index contributed by atoms with van der Waals surface area (Å²) in [6.45, 7) is 6.27. The molecule has 0 saturated heterocycles. The van der Waals surface area contributed by atoms with Gasteiger partial charge in [0.15, 0.2) is 0 Å². The summed E-state index contributed by atoms with van der Waals surface area (Å²) in [5, 5.41) is 6.33. The maximum absolute atomic E-state index is 13.6. The number of benzene rings is 2. The Labute approximate surface area is 205 Å². The van der Waals surface area contributed by atoms with E-state index < -0.39 is 0 Å². The van der Waals surface area contributed by atoms with Gasteiger partial charge in [0.25, 0.3) is 0 Å². The van der Waals surface area contributed by atoms with E-state index in [9.17, 15) is 14.0 Å². The van der Waals surface area contributed by atoms with Gasteiger partial charge in [0.05, 0.1) is 6.54 Å². The molecule has 4 rings (SSSR count). The third-order valence-corrected chi connectivity index (χ3v) is 6.12. The normalized spacial score (nSPS) is 12.8. The highest BCUT2D eigenvalue weighted by atomic mass is 19.1. The Morgan fingerprint density at radius 3 is 2.49 bits per heavy atom. The molecule has 0 spiro atoms. The van der Waals surface area contributed by atoms with Gasteiger partial charge in [0, 0.05) is 43.7 Å². The van der Waals surface area contributed by atoms with Crippen molar-refractivity contribution in [3.05, 3.63) is 65.7 Å². The number of hydrogen-bond acceptors (Lipinski definition) is 4. The van der Waals surface area contributed by atoms with Crippen LogP contribution in [0.4, 0.5) is 15.9 Å². The van der Waals surface area contributed by atoms with E-state index in [1.807, 2.05) is 38.1 Å². The number of nitrogens with one attached hydrogen (secondary N) is 2. The van der Waals surface area contributed by atoms with Crippen LogP contribution in [0.2, 0.25) is 0 Å². The maximum atomic E-state index is 13.6. The summed E-state index contributed by atoms with van der Waals surface area (Å²) in [5.41, 5.74) is 3.63. The Kier molecular flexibility index (Phi) is 7.80. The smallest absolute Gasteiger partial charge is 0.223 e. The number of amides is 2. The molecular formula is C27H32FN5O2. The fourth-order valence-corrected chi connectivity index (χ4v) is 4.16. The third kappa shape index (κ3) is 6.07. The van der Waals surface area contributed by atoms with Crippen molar-refractivity contribution in [3.63, 3.8) is 0 Å². The summed E-state index contributed by atoms with van der Waals surface area (Å²) in [6, 6.07) is 14.4. The zero-order chi connectivity index (χ0) is 24.8. The molecule has 0 aliphatic carbocycles. The van der Waals surface area contributed by atoms with Crippen molar-refractivity contribution in [2.45, 2.75) is 52.6 Å². The molecule has 0 bridgehead atoms. The summed E-state index contributed by atoms with van der Waals surface area (Å²) in [7, 11) is 0. The van der Waals surface area contributed by atoms with Crippen molar-refractivity contribution >= 4 is 23.3 Å². The standard InChI is InChI=1S/C27H32FN5O2/c1-3-15-29-24(34)5-4-6-25(35)32-16-17-33-23(18-32)31-26(20-9-11-21(28)12-10-20)27(33)30-22-13-7-19(2)8-14-22/h7-14,30H,3-6,15-18H2,1-2H3,(H,29,34). The zero-order valence-electron chi connectivity index (χ0n) is 20.3. The van der Waals surface area contributed by atoms with Crippen LogP contribution in [0.1, 0.15) is 44.0 Å². The molecule has 0 unspecified atom stereocenters. The number of halogens is 1. The molecule has 0 radical (unpaired) electrons. The number of carbonyl (C=O) groups is 2. The quantitative estimate of drug-likeness (QED) is 0.465. The summed E-state index contributed by atoms with van der Waals surface area (Å²) in [4.78, 5) is 31.3. The molecular weight excluding hydrogens is 445 g/mol. The van der Waals surface area contributed by atoms with Crippen LogP contribution in [-0.4, -0.2) is 39.4 Å². The van der Waals surface area contributed by atoms with Crippen LogP contribution in [0, 0.1) is 12.7 Å². The molecule has 1 aromatic heterocycles. The monoisotopic (exact) mass is 477 g/mol. The topological polar surface area (TPSA) is 79.3 Å². The second-order valence-corrected chi connectivity index (χ2v) is 8.89. The summed E-state index contributed by atoms with van der Waals surface area (Å²) in [5.74, 6) is 1.32. The number of rotatable bonds is 9. The average Bonchev–Trinajstić information content (AvgIpc) is 3.22. The van der Waals surface area contributed by atoms with Crippen molar-refractivity contribution in [3.8, 4) is 11.3 Å². The Morgan fingerprint density at radius 1 is 1.03 bits per heavy atom. The van der Waals surface area contributed by atoms with Crippen LogP contribution in [-0.2, 0) is 22.7 Å². The van der Waals surface area contributed by atoms with E-state index in [1.165, 1.54) is 17.7 Å². The SMILES string of the molecule is CCCNC(=O)CCCC(=O)N1CCn2c(nc(-c3ccc(F)cc3)c2Nc2ccc(C)cc2)C1. The number of imidazole rings is 1. The first-order chi connectivity index (χ1) is 16.9. The fraction of sp³-hybridized carbons (Fsp3) is 0.370. The second kappa shape index (κ2) is 11.2. The van der Waals surface area contributed by atoms with Crippen molar-refractivity contribution in [1.29, 1.82) is 0 Å². The van der Waals surface area contributed by atoms with Gasteiger partial charge in [-0.05, 0) is 56.2 Å². The van der Waals surface area contributed by atoms with E-state index in [0.717, 1.165) is 35.0 Å². The largest absolute Gasteiger partial charge is 0.356 e. The molecule has 1 aliphatic heterocycles. The van der Waals surface area contributed by atoms with Crippen molar-refractivity contribution < 1.29 is 14.0 Å². The van der Waals surface area contributed by atoms with Gasteiger partial charge >= 0.3 is 0 Å². The molecule has 2 aromatic carbocycles. The third-order valence-electron chi connectivity index (χ3n) is 6.12. The lowest BCUT2D eigenvalue weighted by molar-refractivity contribution is -0.132. The summed E-state index contributed by atoms with van der Waals surface area (Å²) in [6.07, 6.45) is 2.11. The maximum Gasteiger partial charge on any atom is 0.223 e. The highest BCUT2D eigenvalue weighted by Gasteiger charge is 2.27. The van der Waals surface area contributed by atoms with Gasteiger partial charge < -0.3 is 20.1 Å². The molecule has 2 heterocycles. The van der Waals surface area contributed by atoms with E-state index in [2.05, 4.69) is 15.2 Å². The van der Waals surface area contributed by atoms with Crippen LogP contribution in [0.5, 0.6) is 0 Å². The highest BCUT2D eigenvalue weighted by Crippen LogP contribution is 2.33. The van der Waals surface area contributed by atoms with Crippen molar-refractivity contribution in [2.75, 3.05) is 18.4 Å². The Hall–Kier alpha value is -3.68. The number of fused-ring (bicyclic) bond motifs is 1. The number of anilines is 2. The molecule has 0 saturated carbocycles. The van der Waals surface area contributed by atoms with Gasteiger partial charge in [-0.2, -0.15) is 0 Å². The van der Waals surface area contributed by atoms with Crippen LogP contribution in [0.15, 0.2) is 48.5 Å². The molecule has 7 nitrogen and oxygen atoms in total. The predicted molar refractivity (Wildman–Crippen MR) is 135 cm³/mol. The van der Waals surface area contributed by atoms with Crippen molar-refractivity contribution in [1.82, 2.24) is 19.8 Å². The van der Waals surface area contributed by atoms with Gasteiger partial charge in [-0.1, -0.05) is 24.6 Å². The number of hydrogen-bond donors (Lipinski definition) is 2. The molecule has 35 heavy (non-hydrogen) atoms. The van der Waals surface area contributed by atoms with Crippen molar-refractivity contribution in [2.24, 2.45) is 0 Å². The van der Waals surface area contributed by atoms with E-state index in [-0.39, 0.29) is 17.6 Å². The number of nitrogens with zero attached hydrogens (tertiary/aromatic N) is 3. The van der Waals surface area contributed by atoms with Gasteiger partial charge in [-0.3, -0.25) is 9.59 Å². The molecule has 0 atom stereocenters. The van der Waals surface area contributed by atoms with Crippen LogP contribution >= 0.6 is 0 Å². The first kappa shape index (κ1) is 24.4. The first-order valence-electron chi connectivity index (χ1n) is 12.2. The van der Waals surface area contributed by atoms with Crippen LogP contribution < -0.4 is 10.6 Å². The average molecular weight is 478 g/mol. The van der Waals surface area contributed by atoms with E-state index in [4.69, 9.17) is 4.98 Å². The molecule has 2 amide bonds. The van der Waals surface area contributed by atoms with E-state index >= 15 is 0 Å². The Morgan fingerprint density at radius 2 is 1.77 bits per heavy atom. The lowest BCUT2D eigenvalue weighted by Gasteiger charge is -2.28. The number of aryl methyl sites for hydroxylation is 1. The highest BCUT2D eigenvalue weighted by molar-refractivity contribution is 5.80. The zero-order valence-corrected chi connectivity index (χ0v) is 20.3. The first-order valence-corrected chi connectivity index (χ1v) is 12.2. The minimum atomic E-state index is -0.300. The van der Waals surface area contributed by atoms with Crippen LogP contribution in [0.25, 0.3) is 11.3 Å². The lowest BCUT2D eigenvalue weighted by Crippen LogP contribution is -2.38. The predicted octanol–water partition coefficient (Wildman–Crippen LogP) is 4.78. The van der Waals surface area contributed by atoms with Crippen LogP contribution in [0.3, 0.4) is 0 Å². The summed E-state index contributed by atoms with van der Waals surface area (Å²) >= 11 is 0. The van der Waals surface area contributed by atoms with Gasteiger partial charge in [-0.25, -0.2) is 9.37 Å². The minimum absolute atomic E-state index is 0.00963. The summed E-state index contributed by atoms with van der Waals surface area (Å²) < 4.78 is 15.7. The Bertz CT molecular complexity index is 1170. The Balaban J connectivity index is 1.51. The van der Waals surface area contributed by atoms with Gasteiger partial charge in [-0.15, -0.1) is 0 Å². The number of aromatic nitrogens is 2. The lowest BCUT2D eigenvalue weighted by atomic mass is 10.1. The number of carbonyl (C=O) groups excluding carboxylic acids is 2.